The molecule has 2 aliphatic heterocycles. The number of hydrogen-bond acceptors (Lipinski definition) is 5. The Kier molecular flexibility index (Phi) is 6.95. The van der Waals surface area contributed by atoms with E-state index in [1.165, 1.54) is 19.4 Å². The van der Waals surface area contributed by atoms with Crippen molar-refractivity contribution >= 4 is 23.2 Å². The lowest BCUT2D eigenvalue weighted by molar-refractivity contribution is -0.120. The first-order valence-corrected chi connectivity index (χ1v) is 11.4. The summed E-state index contributed by atoms with van der Waals surface area (Å²) in [6.07, 6.45) is 3.60. The molecule has 0 radical (unpaired) electrons. The van der Waals surface area contributed by atoms with Gasteiger partial charge in [0.1, 0.15) is 12.3 Å². The molecule has 0 aromatic heterocycles. The molecule has 2 fully saturated rings. The fourth-order valence-electron chi connectivity index (χ4n) is 4.43. The van der Waals surface area contributed by atoms with Crippen LogP contribution < -0.4 is 15.4 Å². The molecule has 0 spiro atoms. The normalized spacial score (nSPS) is 19.4. The summed E-state index contributed by atoms with van der Waals surface area (Å²) in [5, 5.41) is 0. The molecular weight excluding hydrogens is 404 g/mol. The molecular formula is C25H32N4O3. The molecule has 2 N–H and O–H groups in total. The van der Waals surface area contributed by atoms with Crippen LogP contribution in [0.5, 0.6) is 5.75 Å². The third-order valence-electron chi connectivity index (χ3n) is 6.36. The Balaban J connectivity index is 1.25. The number of nitrogens with two attached hydrogens (primary N) is 1. The van der Waals surface area contributed by atoms with Crippen molar-refractivity contribution in [1.29, 1.82) is 0 Å². The van der Waals surface area contributed by atoms with Gasteiger partial charge in [-0.25, -0.2) is 0 Å². The Morgan fingerprint density at radius 3 is 2.47 bits per heavy atom. The molecule has 0 aliphatic carbocycles. The van der Waals surface area contributed by atoms with Gasteiger partial charge in [-0.05, 0) is 81.3 Å². The van der Waals surface area contributed by atoms with Gasteiger partial charge in [0.2, 0.25) is 5.91 Å². The van der Waals surface area contributed by atoms with Gasteiger partial charge in [-0.3, -0.25) is 9.59 Å². The van der Waals surface area contributed by atoms with Gasteiger partial charge in [0.15, 0.2) is 0 Å². The summed E-state index contributed by atoms with van der Waals surface area (Å²) in [7, 11) is 0. The molecule has 2 aromatic carbocycles. The summed E-state index contributed by atoms with van der Waals surface area (Å²) in [6.45, 7) is 6.27. The van der Waals surface area contributed by atoms with Crippen molar-refractivity contribution in [2.24, 2.45) is 0 Å². The second-order valence-electron chi connectivity index (χ2n) is 8.62. The number of piperazine rings is 1. The second-order valence-corrected chi connectivity index (χ2v) is 8.62. The molecule has 170 valence electrons. The van der Waals surface area contributed by atoms with E-state index in [-0.39, 0.29) is 18.4 Å². The maximum absolute atomic E-state index is 12.7. The molecule has 0 bridgehead atoms. The van der Waals surface area contributed by atoms with Crippen LogP contribution in [0.15, 0.2) is 48.5 Å². The SMILES string of the molecule is C[C@H]1CCCN1CCCOc1ccc(N2CCN(C(=O)c3ccc(N)cc3)CC2=O)cc1. The molecule has 4 rings (SSSR count). The summed E-state index contributed by atoms with van der Waals surface area (Å²) in [6, 6.07) is 15.1. The van der Waals surface area contributed by atoms with Gasteiger partial charge in [-0.2, -0.15) is 0 Å². The molecule has 2 saturated heterocycles. The van der Waals surface area contributed by atoms with Crippen molar-refractivity contribution in [3.05, 3.63) is 54.1 Å². The molecule has 2 heterocycles. The molecule has 2 amide bonds. The van der Waals surface area contributed by atoms with Crippen LogP contribution in [0.25, 0.3) is 0 Å². The number of rotatable bonds is 7. The van der Waals surface area contributed by atoms with E-state index in [1.807, 2.05) is 24.3 Å². The molecule has 0 unspecified atom stereocenters. The van der Waals surface area contributed by atoms with Crippen LogP contribution in [0.2, 0.25) is 0 Å². The van der Waals surface area contributed by atoms with Crippen molar-refractivity contribution in [3.8, 4) is 5.75 Å². The fraction of sp³-hybridized carbons (Fsp3) is 0.440. The van der Waals surface area contributed by atoms with Gasteiger partial charge in [0.05, 0.1) is 6.61 Å². The minimum atomic E-state index is -0.148. The number of nitrogen functional groups attached to an aromatic ring is 1. The minimum absolute atomic E-state index is 0.0659. The highest BCUT2D eigenvalue weighted by molar-refractivity contribution is 6.01. The fourth-order valence-corrected chi connectivity index (χ4v) is 4.43. The average molecular weight is 437 g/mol. The molecule has 32 heavy (non-hydrogen) atoms. The van der Waals surface area contributed by atoms with Crippen molar-refractivity contribution in [1.82, 2.24) is 9.80 Å². The zero-order chi connectivity index (χ0) is 22.5. The van der Waals surface area contributed by atoms with Crippen molar-refractivity contribution < 1.29 is 14.3 Å². The highest BCUT2D eigenvalue weighted by Crippen LogP contribution is 2.23. The summed E-state index contributed by atoms with van der Waals surface area (Å²) >= 11 is 0. The molecule has 2 aromatic rings. The largest absolute Gasteiger partial charge is 0.494 e. The summed E-state index contributed by atoms with van der Waals surface area (Å²) in [5.41, 5.74) is 7.67. The van der Waals surface area contributed by atoms with Crippen LogP contribution in [-0.4, -0.2) is 67.0 Å². The van der Waals surface area contributed by atoms with Crippen LogP contribution in [0.3, 0.4) is 0 Å². The predicted molar refractivity (Wildman–Crippen MR) is 126 cm³/mol. The van der Waals surface area contributed by atoms with Gasteiger partial charge >= 0.3 is 0 Å². The Morgan fingerprint density at radius 1 is 1.06 bits per heavy atom. The zero-order valence-corrected chi connectivity index (χ0v) is 18.7. The Labute approximate surface area is 189 Å². The quantitative estimate of drug-likeness (QED) is 0.533. The van der Waals surface area contributed by atoms with Crippen LogP contribution in [0.1, 0.15) is 36.5 Å². The molecule has 7 heteroatoms. The first-order chi connectivity index (χ1) is 15.5. The third-order valence-corrected chi connectivity index (χ3v) is 6.36. The number of anilines is 2. The van der Waals surface area contributed by atoms with E-state index >= 15 is 0 Å². The predicted octanol–water partition coefficient (Wildman–Crippen LogP) is 3.01. The standard InChI is InChI=1S/C25H32N4O3/c1-19-4-2-13-27(19)14-3-17-32-23-11-9-22(10-12-23)29-16-15-28(18-24(29)30)25(31)20-5-7-21(26)8-6-20/h5-12,19H,2-4,13-18,26H2,1H3/t19-/m0/s1. The van der Waals surface area contributed by atoms with E-state index in [1.54, 1.807) is 34.1 Å². The van der Waals surface area contributed by atoms with Gasteiger partial charge in [-0.1, -0.05) is 0 Å². The summed E-state index contributed by atoms with van der Waals surface area (Å²) in [5.74, 6) is 0.575. The van der Waals surface area contributed by atoms with Crippen LogP contribution in [0.4, 0.5) is 11.4 Å². The lowest BCUT2D eigenvalue weighted by atomic mass is 10.1. The Hall–Kier alpha value is -3.06. The lowest BCUT2D eigenvalue weighted by Crippen LogP contribution is -2.52. The van der Waals surface area contributed by atoms with Gasteiger partial charge in [0.25, 0.3) is 5.91 Å². The lowest BCUT2D eigenvalue weighted by Gasteiger charge is -2.34. The first kappa shape index (κ1) is 22.1. The first-order valence-electron chi connectivity index (χ1n) is 11.4. The molecule has 2 aliphatic rings. The smallest absolute Gasteiger partial charge is 0.254 e. The molecule has 0 saturated carbocycles. The molecule has 7 nitrogen and oxygen atoms in total. The number of carbonyl (C=O) groups is 2. The Morgan fingerprint density at radius 2 is 1.81 bits per heavy atom. The zero-order valence-electron chi connectivity index (χ0n) is 18.7. The van der Waals surface area contributed by atoms with Crippen molar-refractivity contribution in [3.63, 3.8) is 0 Å². The van der Waals surface area contributed by atoms with E-state index in [9.17, 15) is 9.59 Å². The van der Waals surface area contributed by atoms with E-state index in [0.29, 0.717) is 37.0 Å². The van der Waals surface area contributed by atoms with Crippen molar-refractivity contribution in [2.75, 3.05) is 50.0 Å². The van der Waals surface area contributed by atoms with E-state index < -0.39 is 0 Å². The second kappa shape index (κ2) is 10.0. The number of carbonyl (C=O) groups excluding carboxylic acids is 2. The maximum atomic E-state index is 12.7. The molecule has 1 atom stereocenters. The minimum Gasteiger partial charge on any atom is -0.494 e. The maximum Gasteiger partial charge on any atom is 0.254 e. The van der Waals surface area contributed by atoms with Crippen LogP contribution in [-0.2, 0) is 4.79 Å². The van der Waals surface area contributed by atoms with Gasteiger partial charge < -0.3 is 25.2 Å². The van der Waals surface area contributed by atoms with E-state index in [4.69, 9.17) is 10.5 Å². The van der Waals surface area contributed by atoms with E-state index in [0.717, 1.165) is 24.4 Å². The van der Waals surface area contributed by atoms with Crippen LogP contribution >= 0.6 is 0 Å². The number of ether oxygens (including phenoxy) is 1. The number of nitrogens with zero attached hydrogens (tertiary/aromatic N) is 3. The average Bonchev–Trinajstić information content (AvgIpc) is 3.22. The highest BCUT2D eigenvalue weighted by atomic mass is 16.5. The monoisotopic (exact) mass is 436 g/mol. The third kappa shape index (κ3) is 5.22. The van der Waals surface area contributed by atoms with E-state index in [2.05, 4.69) is 11.8 Å². The van der Waals surface area contributed by atoms with Gasteiger partial charge in [0, 0.05) is 42.6 Å². The highest BCUT2D eigenvalue weighted by Gasteiger charge is 2.28. The number of hydrogen-bond donors (Lipinski definition) is 1. The van der Waals surface area contributed by atoms with Crippen LogP contribution in [0, 0.1) is 0 Å². The number of benzene rings is 2. The number of amides is 2. The van der Waals surface area contributed by atoms with Crippen molar-refractivity contribution in [2.45, 2.75) is 32.2 Å². The van der Waals surface area contributed by atoms with Gasteiger partial charge in [-0.15, -0.1) is 0 Å². The Bertz CT molecular complexity index is 929. The topological polar surface area (TPSA) is 79.1 Å². The summed E-state index contributed by atoms with van der Waals surface area (Å²) < 4.78 is 5.88. The number of likely N-dealkylation sites (tertiary alicyclic amines) is 1. The summed E-state index contributed by atoms with van der Waals surface area (Å²) in [4.78, 5) is 31.2.